The van der Waals surface area contributed by atoms with Gasteiger partial charge in [0.15, 0.2) is 0 Å². The van der Waals surface area contributed by atoms with Gasteiger partial charge in [0.05, 0.1) is 0 Å². The molecule has 0 spiro atoms. The summed E-state index contributed by atoms with van der Waals surface area (Å²) in [5, 5.41) is 2.55. The predicted octanol–water partition coefficient (Wildman–Crippen LogP) is 2.25. The highest BCUT2D eigenvalue weighted by atomic mass is 19.1. The fraction of sp³-hybridized carbons (Fsp3) is 0.0769. The van der Waals surface area contributed by atoms with Gasteiger partial charge in [0.1, 0.15) is 0 Å². The summed E-state index contributed by atoms with van der Waals surface area (Å²) in [7, 11) is 1.58. The van der Waals surface area contributed by atoms with Crippen LogP contribution >= 0.6 is 0 Å². The predicted molar refractivity (Wildman–Crippen MR) is 63.0 cm³/mol. The van der Waals surface area contributed by atoms with Gasteiger partial charge in [-0.15, -0.1) is 0 Å². The van der Waals surface area contributed by atoms with E-state index in [1.165, 1.54) is 12.3 Å². The number of halogens is 1. The lowest BCUT2D eigenvalue weighted by atomic mass is 10.1. The molecule has 86 valence electrons. The monoisotopic (exact) mass is 230 g/mol. The maximum Gasteiger partial charge on any atom is 0.251 e. The molecule has 0 saturated heterocycles. The van der Waals surface area contributed by atoms with Crippen LogP contribution in [0.15, 0.2) is 42.6 Å². The van der Waals surface area contributed by atoms with Gasteiger partial charge in [-0.05, 0) is 29.8 Å². The minimum atomic E-state index is -0.504. The molecule has 0 radical (unpaired) electrons. The maximum absolute atomic E-state index is 12.7. The minimum absolute atomic E-state index is 0.131. The first kappa shape index (κ1) is 11.3. The van der Waals surface area contributed by atoms with E-state index < -0.39 is 5.95 Å². The summed E-state index contributed by atoms with van der Waals surface area (Å²) in [5.74, 6) is -0.635. The van der Waals surface area contributed by atoms with E-state index in [1.54, 1.807) is 37.4 Å². The number of aromatic nitrogens is 1. The number of carbonyl (C=O) groups excluding carboxylic acids is 1. The van der Waals surface area contributed by atoms with Crippen molar-refractivity contribution in [3.63, 3.8) is 0 Å². The van der Waals surface area contributed by atoms with Crippen LogP contribution in [0.1, 0.15) is 10.4 Å². The van der Waals surface area contributed by atoms with Gasteiger partial charge in [-0.1, -0.05) is 12.1 Å². The zero-order valence-electron chi connectivity index (χ0n) is 9.27. The second-order valence-electron chi connectivity index (χ2n) is 3.53. The van der Waals surface area contributed by atoms with E-state index in [9.17, 15) is 9.18 Å². The minimum Gasteiger partial charge on any atom is -0.355 e. The number of pyridine rings is 1. The maximum atomic E-state index is 12.7. The van der Waals surface area contributed by atoms with Crippen LogP contribution in [0, 0.1) is 5.95 Å². The van der Waals surface area contributed by atoms with Crippen molar-refractivity contribution in [3.05, 3.63) is 54.1 Å². The van der Waals surface area contributed by atoms with Crippen molar-refractivity contribution in [1.82, 2.24) is 10.3 Å². The number of nitrogens with zero attached hydrogens (tertiary/aromatic N) is 1. The molecule has 0 aliphatic rings. The molecule has 1 aromatic heterocycles. The Bertz CT molecular complexity index is 520. The van der Waals surface area contributed by atoms with Crippen molar-refractivity contribution in [3.8, 4) is 11.1 Å². The molecule has 0 aliphatic heterocycles. The summed E-state index contributed by atoms with van der Waals surface area (Å²) in [6, 6.07) is 10.0. The van der Waals surface area contributed by atoms with Crippen molar-refractivity contribution in [2.45, 2.75) is 0 Å². The molecule has 4 heteroatoms. The van der Waals surface area contributed by atoms with Gasteiger partial charge in [-0.3, -0.25) is 4.79 Å². The number of nitrogens with one attached hydrogen (secondary N) is 1. The van der Waals surface area contributed by atoms with Gasteiger partial charge >= 0.3 is 0 Å². The third kappa shape index (κ3) is 2.47. The molecule has 0 atom stereocenters. The molecule has 2 aromatic rings. The largest absolute Gasteiger partial charge is 0.355 e. The second-order valence-corrected chi connectivity index (χ2v) is 3.53. The second kappa shape index (κ2) is 4.74. The summed E-state index contributed by atoms with van der Waals surface area (Å²) in [6.07, 6.45) is 1.46. The van der Waals surface area contributed by atoms with Crippen LogP contribution in [0.5, 0.6) is 0 Å². The summed E-state index contributed by atoms with van der Waals surface area (Å²) < 4.78 is 12.7. The SMILES string of the molecule is CNC(=O)c1ccc(-c2ccc(F)nc2)cc1. The molecule has 0 aliphatic carbocycles. The van der Waals surface area contributed by atoms with Crippen molar-refractivity contribution >= 4 is 5.91 Å². The van der Waals surface area contributed by atoms with Crippen LogP contribution in [-0.4, -0.2) is 17.9 Å². The molecular formula is C13H11FN2O. The summed E-state index contributed by atoms with van der Waals surface area (Å²) >= 11 is 0. The number of carbonyl (C=O) groups is 1. The Hall–Kier alpha value is -2.23. The van der Waals surface area contributed by atoms with Crippen LogP contribution in [0.25, 0.3) is 11.1 Å². The molecule has 1 aromatic carbocycles. The Labute approximate surface area is 98.3 Å². The van der Waals surface area contributed by atoms with Gasteiger partial charge in [-0.25, -0.2) is 4.98 Å². The van der Waals surface area contributed by atoms with Gasteiger partial charge in [0.25, 0.3) is 5.91 Å². The first-order valence-electron chi connectivity index (χ1n) is 5.15. The lowest BCUT2D eigenvalue weighted by Crippen LogP contribution is -2.17. The molecule has 17 heavy (non-hydrogen) atoms. The highest BCUT2D eigenvalue weighted by Gasteiger charge is 2.03. The Kier molecular flexibility index (Phi) is 3.14. The summed E-state index contributed by atoms with van der Waals surface area (Å²) in [6.45, 7) is 0. The average Bonchev–Trinajstić information content (AvgIpc) is 2.39. The molecule has 1 heterocycles. The Morgan fingerprint density at radius 3 is 2.29 bits per heavy atom. The third-order valence-corrected chi connectivity index (χ3v) is 2.43. The summed E-state index contributed by atoms with van der Waals surface area (Å²) in [5.41, 5.74) is 2.30. The number of benzene rings is 1. The quantitative estimate of drug-likeness (QED) is 0.804. The van der Waals surface area contributed by atoms with Crippen molar-refractivity contribution in [1.29, 1.82) is 0 Å². The Balaban J connectivity index is 2.29. The Morgan fingerprint density at radius 2 is 1.76 bits per heavy atom. The lowest BCUT2D eigenvalue weighted by molar-refractivity contribution is 0.0963. The smallest absolute Gasteiger partial charge is 0.251 e. The van der Waals surface area contributed by atoms with E-state index in [2.05, 4.69) is 10.3 Å². The van der Waals surface area contributed by atoms with Gasteiger partial charge in [0, 0.05) is 24.4 Å². The number of hydrogen-bond donors (Lipinski definition) is 1. The molecule has 2 rings (SSSR count). The van der Waals surface area contributed by atoms with E-state index >= 15 is 0 Å². The average molecular weight is 230 g/mol. The van der Waals surface area contributed by atoms with E-state index in [-0.39, 0.29) is 5.91 Å². The third-order valence-electron chi connectivity index (χ3n) is 2.43. The van der Waals surface area contributed by atoms with Crippen LogP contribution in [0.2, 0.25) is 0 Å². The zero-order valence-corrected chi connectivity index (χ0v) is 9.27. The standard InChI is InChI=1S/C13H11FN2O/c1-15-13(17)10-4-2-9(3-5-10)11-6-7-12(14)16-8-11/h2-8H,1H3,(H,15,17). The van der Waals surface area contributed by atoms with E-state index in [0.717, 1.165) is 11.1 Å². The fourth-order valence-electron chi connectivity index (χ4n) is 1.50. The molecular weight excluding hydrogens is 219 g/mol. The van der Waals surface area contributed by atoms with Crippen molar-refractivity contribution < 1.29 is 9.18 Å². The topological polar surface area (TPSA) is 42.0 Å². The number of amides is 1. The molecule has 0 bridgehead atoms. The molecule has 3 nitrogen and oxygen atoms in total. The molecule has 0 unspecified atom stereocenters. The van der Waals surface area contributed by atoms with E-state index in [0.29, 0.717) is 5.56 Å². The first-order valence-corrected chi connectivity index (χ1v) is 5.15. The lowest BCUT2D eigenvalue weighted by Gasteiger charge is -2.03. The highest BCUT2D eigenvalue weighted by Crippen LogP contribution is 2.18. The molecule has 1 amide bonds. The summed E-state index contributed by atoms with van der Waals surface area (Å²) in [4.78, 5) is 14.9. The Morgan fingerprint density at radius 1 is 1.12 bits per heavy atom. The molecule has 1 N–H and O–H groups in total. The zero-order chi connectivity index (χ0) is 12.3. The number of hydrogen-bond acceptors (Lipinski definition) is 2. The van der Waals surface area contributed by atoms with E-state index in [1.807, 2.05) is 0 Å². The van der Waals surface area contributed by atoms with Crippen LogP contribution < -0.4 is 5.32 Å². The van der Waals surface area contributed by atoms with Gasteiger partial charge < -0.3 is 5.32 Å². The van der Waals surface area contributed by atoms with Crippen LogP contribution in [0.4, 0.5) is 4.39 Å². The molecule has 0 saturated carbocycles. The van der Waals surface area contributed by atoms with Crippen LogP contribution in [-0.2, 0) is 0 Å². The molecule has 0 fully saturated rings. The van der Waals surface area contributed by atoms with Crippen molar-refractivity contribution in [2.75, 3.05) is 7.05 Å². The highest BCUT2D eigenvalue weighted by molar-refractivity contribution is 5.94. The van der Waals surface area contributed by atoms with Crippen molar-refractivity contribution in [2.24, 2.45) is 0 Å². The van der Waals surface area contributed by atoms with Gasteiger partial charge in [0.2, 0.25) is 5.95 Å². The number of rotatable bonds is 2. The van der Waals surface area contributed by atoms with Gasteiger partial charge in [-0.2, -0.15) is 4.39 Å². The van der Waals surface area contributed by atoms with E-state index in [4.69, 9.17) is 0 Å². The fourth-order valence-corrected chi connectivity index (χ4v) is 1.50. The van der Waals surface area contributed by atoms with Crippen LogP contribution in [0.3, 0.4) is 0 Å². The first-order chi connectivity index (χ1) is 8.20. The normalized spacial score (nSPS) is 10.0.